The van der Waals surface area contributed by atoms with Crippen molar-refractivity contribution in [2.45, 2.75) is 12.2 Å². The number of ketones is 1. The maximum absolute atomic E-state index is 12.4. The van der Waals surface area contributed by atoms with Gasteiger partial charge in [0.1, 0.15) is 0 Å². The van der Waals surface area contributed by atoms with E-state index in [2.05, 4.69) is 0 Å². The lowest BCUT2D eigenvalue weighted by molar-refractivity contribution is 0.0716. The van der Waals surface area contributed by atoms with Gasteiger partial charge in [0.05, 0.1) is 0 Å². The molecule has 0 unspecified atom stereocenters. The predicted molar refractivity (Wildman–Crippen MR) is 71.3 cm³/mol. The van der Waals surface area contributed by atoms with Gasteiger partial charge in [-0.2, -0.15) is 0 Å². The number of cyclic esters (lactones) is 2. The van der Waals surface area contributed by atoms with E-state index in [-0.39, 0.29) is 5.78 Å². The Morgan fingerprint density at radius 3 is 2.10 bits per heavy atom. The molecule has 0 N–H and O–H groups in total. The molecule has 4 nitrogen and oxygen atoms in total. The third kappa shape index (κ3) is 2.28. The molecule has 0 bridgehead atoms. The van der Waals surface area contributed by atoms with Gasteiger partial charge in [-0.05, 0) is 5.56 Å². The summed E-state index contributed by atoms with van der Waals surface area (Å²) in [6, 6.07) is 17.8. The van der Waals surface area contributed by atoms with E-state index >= 15 is 0 Å². The first-order valence-electron chi connectivity index (χ1n) is 6.27. The lowest BCUT2D eigenvalue weighted by Crippen LogP contribution is -2.26. The molecule has 2 aromatic rings. The highest BCUT2D eigenvalue weighted by Crippen LogP contribution is 2.32. The molecule has 1 fully saturated rings. The largest absolute Gasteiger partial charge is 0.509 e. The number of benzene rings is 2. The molecule has 1 aliphatic heterocycles. The highest BCUT2D eigenvalue weighted by molar-refractivity contribution is 6.01. The molecule has 0 amide bonds. The van der Waals surface area contributed by atoms with Gasteiger partial charge in [0, 0.05) is 5.56 Å². The number of carbonyl (C=O) groups is 2. The summed E-state index contributed by atoms with van der Waals surface area (Å²) in [5.41, 5.74) is 1.24. The zero-order valence-corrected chi connectivity index (χ0v) is 10.6. The topological polar surface area (TPSA) is 52.6 Å². The maximum Gasteiger partial charge on any atom is 0.509 e. The third-order valence-corrected chi connectivity index (χ3v) is 3.17. The standard InChI is InChI=1S/C16H12O4/c17-13(11-7-3-1-4-8-11)15-14(19-16(18)20-15)12-9-5-2-6-10-12/h1-10,14-15H/t14-,15-/m1/s1. The van der Waals surface area contributed by atoms with E-state index in [1.807, 2.05) is 24.3 Å². The van der Waals surface area contributed by atoms with E-state index in [1.165, 1.54) is 0 Å². The van der Waals surface area contributed by atoms with Crippen molar-refractivity contribution in [3.63, 3.8) is 0 Å². The first kappa shape index (κ1) is 12.4. The fraction of sp³-hybridized carbons (Fsp3) is 0.125. The summed E-state index contributed by atoms with van der Waals surface area (Å²) in [6.45, 7) is 0. The van der Waals surface area contributed by atoms with Crippen LogP contribution in [0.25, 0.3) is 0 Å². The molecule has 1 aliphatic rings. The zero-order chi connectivity index (χ0) is 13.9. The molecule has 0 radical (unpaired) electrons. The first-order valence-corrected chi connectivity index (χ1v) is 6.27. The predicted octanol–water partition coefficient (Wildman–Crippen LogP) is 3.15. The van der Waals surface area contributed by atoms with Crippen molar-refractivity contribution in [2.24, 2.45) is 0 Å². The minimum atomic E-state index is -0.938. The maximum atomic E-state index is 12.4. The smallest absolute Gasteiger partial charge is 0.422 e. The van der Waals surface area contributed by atoms with Crippen LogP contribution < -0.4 is 0 Å². The van der Waals surface area contributed by atoms with E-state index in [0.717, 1.165) is 5.56 Å². The Morgan fingerprint density at radius 1 is 0.850 bits per heavy atom. The van der Waals surface area contributed by atoms with E-state index in [9.17, 15) is 9.59 Å². The van der Waals surface area contributed by atoms with Crippen LogP contribution in [0, 0.1) is 0 Å². The van der Waals surface area contributed by atoms with E-state index in [0.29, 0.717) is 5.56 Å². The molecular weight excluding hydrogens is 256 g/mol. The van der Waals surface area contributed by atoms with Crippen molar-refractivity contribution in [3.8, 4) is 0 Å². The van der Waals surface area contributed by atoms with E-state index in [4.69, 9.17) is 9.47 Å². The number of hydrogen-bond acceptors (Lipinski definition) is 4. The second kappa shape index (κ2) is 5.17. The summed E-state index contributed by atoms with van der Waals surface area (Å²) in [5, 5.41) is 0. The SMILES string of the molecule is O=C1O[C@H](C(=O)c2ccccc2)[C@@H](c2ccccc2)O1. The molecule has 3 rings (SSSR count). The molecule has 0 aromatic heterocycles. The Morgan fingerprint density at radius 2 is 1.45 bits per heavy atom. The van der Waals surface area contributed by atoms with Crippen LogP contribution in [0.5, 0.6) is 0 Å². The Kier molecular flexibility index (Phi) is 3.21. The lowest BCUT2D eigenvalue weighted by atomic mass is 9.97. The van der Waals surface area contributed by atoms with Crippen molar-refractivity contribution in [1.29, 1.82) is 0 Å². The van der Waals surface area contributed by atoms with Crippen LogP contribution in [0.3, 0.4) is 0 Å². The van der Waals surface area contributed by atoms with Crippen LogP contribution >= 0.6 is 0 Å². The number of rotatable bonds is 3. The first-order chi connectivity index (χ1) is 9.75. The van der Waals surface area contributed by atoms with Gasteiger partial charge in [-0.1, -0.05) is 60.7 Å². The summed E-state index contributed by atoms with van der Waals surface area (Å²) in [5.74, 6) is -0.259. The summed E-state index contributed by atoms with van der Waals surface area (Å²) < 4.78 is 10.2. The summed E-state index contributed by atoms with van der Waals surface area (Å²) in [7, 11) is 0. The Bertz CT molecular complexity index is 621. The van der Waals surface area contributed by atoms with Crippen LogP contribution in [0.15, 0.2) is 60.7 Å². The van der Waals surface area contributed by atoms with E-state index < -0.39 is 18.4 Å². The molecule has 0 spiro atoms. The molecule has 1 saturated heterocycles. The van der Waals surface area contributed by atoms with Crippen molar-refractivity contribution >= 4 is 11.9 Å². The zero-order valence-electron chi connectivity index (χ0n) is 10.6. The second-order valence-corrected chi connectivity index (χ2v) is 4.47. The van der Waals surface area contributed by atoms with Gasteiger partial charge in [-0.25, -0.2) is 4.79 Å². The van der Waals surface area contributed by atoms with E-state index in [1.54, 1.807) is 36.4 Å². The monoisotopic (exact) mass is 268 g/mol. The Hall–Kier alpha value is -2.62. The summed E-state index contributed by atoms with van der Waals surface area (Å²) in [4.78, 5) is 23.8. The average Bonchev–Trinajstić information content (AvgIpc) is 2.90. The van der Waals surface area contributed by atoms with Crippen molar-refractivity contribution < 1.29 is 19.1 Å². The van der Waals surface area contributed by atoms with Crippen LogP contribution in [-0.2, 0) is 9.47 Å². The normalized spacial score (nSPS) is 21.1. The van der Waals surface area contributed by atoms with Gasteiger partial charge >= 0.3 is 6.16 Å². The third-order valence-electron chi connectivity index (χ3n) is 3.17. The van der Waals surface area contributed by atoms with Gasteiger partial charge in [0.25, 0.3) is 0 Å². The highest BCUT2D eigenvalue weighted by atomic mass is 16.8. The number of hydrogen-bond donors (Lipinski definition) is 0. The van der Waals surface area contributed by atoms with Gasteiger partial charge in [-0.15, -0.1) is 0 Å². The molecule has 0 aliphatic carbocycles. The highest BCUT2D eigenvalue weighted by Gasteiger charge is 2.42. The second-order valence-electron chi connectivity index (χ2n) is 4.47. The Balaban J connectivity index is 1.91. The molecule has 100 valence electrons. The van der Waals surface area contributed by atoms with Gasteiger partial charge in [-0.3, -0.25) is 4.79 Å². The average molecular weight is 268 g/mol. The number of Topliss-reactive ketones (excluding diaryl/α,β-unsaturated/α-hetero) is 1. The van der Waals surface area contributed by atoms with Crippen LogP contribution in [-0.4, -0.2) is 18.0 Å². The summed E-state index contributed by atoms with van der Waals surface area (Å²) >= 11 is 0. The number of carbonyl (C=O) groups excluding carboxylic acids is 2. The minimum Gasteiger partial charge on any atom is -0.422 e. The molecule has 2 atom stereocenters. The van der Waals surface area contributed by atoms with Gasteiger partial charge < -0.3 is 9.47 Å². The minimum absolute atomic E-state index is 0.259. The molecule has 2 aromatic carbocycles. The van der Waals surface area contributed by atoms with Crippen LogP contribution in [0.4, 0.5) is 4.79 Å². The lowest BCUT2D eigenvalue weighted by Gasteiger charge is -2.14. The fourth-order valence-electron chi connectivity index (χ4n) is 2.20. The fourth-order valence-corrected chi connectivity index (χ4v) is 2.20. The van der Waals surface area contributed by atoms with Crippen molar-refractivity contribution in [3.05, 3.63) is 71.8 Å². The molecule has 1 heterocycles. The molecular formula is C16H12O4. The molecule has 4 heteroatoms. The molecule has 20 heavy (non-hydrogen) atoms. The number of ether oxygens (including phenoxy) is 2. The van der Waals surface area contributed by atoms with Crippen LogP contribution in [0.2, 0.25) is 0 Å². The summed E-state index contributed by atoms with van der Waals surface area (Å²) in [6.07, 6.45) is -2.45. The quantitative estimate of drug-likeness (QED) is 0.634. The van der Waals surface area contributed by atoms with Gasteiger partial charge in [0.2, 0.25) is 11.9 Å². The van der Waals surface area contributed by atoms with Crippen molar-refractivity contribution in [1.82, 2.24) is 0 Å². The van der Waals surface area contributed by atoms with Crippen molar-refractivity contribution in [2.75, 3.05) is 0 Å². The molecule has 0 saturated carbocycles. The Labute approximate surface area is 115 Å². The van der Waals surface area contributed by atoms with Gasteiger partial charge in [0.15, 0.2) is 6.10 Å². The van der Waals surface area contributed by atoms with Crippen LogP contribution in [0.1, 0.15) is 22.0 Å².